The van der Waals surface area contributed by atoms with Gasteiger partial charge in [0, 0.05) is 32.7 Å². The van der Waals surface area contributed by atoms with Gasteiger partial charge in [-0.2, -0.15) is 0 Å². The number of carbonyl (C=O) groups is 1. The quantitative estimate of drug-likeness (QED) is 0.583. The molecule has 0 rings (SSSR count). The monoisotopic (exact) mass is 300 g/mol. The van der Waals surface area contributed by atoms with Crippen LogP contribution in [0.4, 0.5) is 4.79 Å². The third-order valence-electron chi connectivity index (χ3n) is 2.93. The lowest BCUT2D eigenvalue weighted by Crippen LogP contribution is -2.46. The fraction of sp³-hybridized carbons (Fsp3) is 0.867. The van der Waals surface area contributed by atoms with Gasteiger partial charge in [0.05, 0.1) is 0 Å². The Hall–Kier alpha value is -1.46. The van der Waals surface area contributed by atoms with Crippen LogP contribution in [0.5, 0.6) is 0 Å². The van der Waals surface area contributed by atoms with E-state index in [1.807, 2.05) is 27.7 Å². The maximum atomic E-state index is 12.0. The van der Waals surface area contributed by atoms with Gasteiger partial charge in [-0.15, -0.1) is 0 Å². The van der Waals surface area contributed by atoms with Crippen LogP contribution in [0.3, 0.4) is 0 Å². The first-order valence-corrected chi connectivity index (χ1v) is 7.68. The molecule has 0 saturated heterocycles. The zero-order valence-electron chi connectivity index (χ0n) is 14.6. The molecule has 6 heteroatoms. The van der Waals surface area contributed by atoms with E-state index in [0.717, 1.165) is 12.4 Å². The molecular weight excluding hydrogens is 268 g/mol. The highest BCUT2D eigenvalue weighted by molar-refractivity contribution is 5.80. The number of nitrogens with one attached hydrogen (secondary N) is 2. The van der Waals surface area contributed by atoms with Crippen molar-refractivity contribution in [1.82, 2.24) is 15.5 Å². The predicted molar refractivity (Wildman–Crippen MR) is 87.7 cm³/mol. The Morgan fingerprint density at radius 2 is 1.95 bits per heavy atom. The minimum Gasteiger partial charge on any atom is -0.444 e. The van der Waals surface area contributed by atoms with Crippen LogP contribution in [0.15, 0.2) is 4.99 Å². The molecule has 21 heavy (non-hydrogen) atoms. The van der Waals surface area contributed by atoms with Gasteiger partial charge in [0.1, 0.15) is 5.60 Å². The number of amides is 1. The Bertz CT molecular complexity index is 337. The lowest BCUT2D eigenvalue weighted by Gasteiger charge is -2.27. The molecule has 0 aliphatic rings. The van der Waals surface area contributed by atoms with Crippen molar-refractivity contribution in [2.24, 2.45) is 4.99 Å². The van der Waals surface area contributed by atoms with Crippen molar-refractivity contribution in [1.29, 1.82) is 0 Å². The summed E-state index contributed by atoms with van der Waals surface area (Å²) in [7, 11) is 1.74. The first-order chi connectivity index (χ1) is 9.73. The SMILES string of the molecule is CCC(C)NC(=NC)NCCN(CC)C(=O)OC(C)(C)C. The first-order valence-electron chi connectivity index (χ1n) is 7.68. The number of guanidine groups is 1. The van der Waals surface area contributed by atoms with Crippen molar-refractivity contribution in [2.75, 3.05) is 26.7 Å². The molecule has 0 saturated carbocycles. The predicted octanol–water partition coefficient (Wildman–Crippen LogP) is 2.21. The zero-order valence-corrected chi connectivity index (χ0v) is 14.6. The van der Waals surface area contributed by atoms with Gasteiger partial charge in [0.15, 0.2) is 5.96 Å². The molecule has 0 fully saturated rings. The van der Waals surface area contributed by atoms with Gasteiger partial charge in [0.25, 0.3) is 0 Å². The minimum atomic E-state index is -0.466. The van der Waals surface area contributed by atoms with E-state index in [-0.39, 0.29) is 6.09 Å². The van der Waals surface area contributed by atoms with Crippen LogP contribution in [-0.4, -0.2) is 55.3 Å². The Labute approximate surface area is 129 Å². The van der Waals surface area contributed by atoms with Crippen molar-refractivity contribution < 1.29 is 9.53 Å². The molecule has 0 radical (unpaired) electrons. The average molecular weight is 300 g/mol. The number of rotatable bonds is 6. The summed E-state index contributed by atoms with van der Waals surface area (Å²) in [6.07, 6.45) is 0.747. The van der Waals surface area contributed by atoms with Crippen molar-refractivity contribution in [2.45, 2.75) is 59.6 Å². The van der Waals surface area contributed by atoms with E-state index in [9.17, 15) is 4.79 Å². The highest BCUT2D eigenvalue weighted by Gasteiger charge is 2.20. The normalized spacial score (nSPS) is 13.6. The summed E-state index contributed by atoms with van der Waals surface area (Å²) in [6, 6.07) is 0.365. The van der Waals surface area contributed by atoms with Crippen molar-refractivity contribution in [3.63, 3.8) is 0 Å². The summed E-state index contributed by atoms with van der Waals surface area (Å²) in [6.45, 7) is 13.6. The molecular formula is C15H32N4O2. The number of nitrogens with zero attached hydrogens (tertiary/aromatic N) is 2. The van der Waals surface area contributed by atoms with Gasteiger partial charge >= 0.3 is 6.09 Å². The molecule has 0 spiro atoms. The standard InChI is InChI=1S/C15H32N4O2/c1-8-12(3)18-13(16-7)17-10-11-19(9-2)14(20)21-15(4,5)6/h12H,8-11H2,1-7H3,(H2,16,17,18). The highest BCUT2D eigenvalue weighted by atomic mass is 16.6. The molecule has 0 aromatic rings. The topological polar surface area (TPSA) is 66.0 Å². The lowest BCUT2D eigenvalue weighted by molar-refractivity contribution is 0.0264. The van der Waals surface area contributed by atoms with Gasteiger partial charge in [0.2, 0.25) is 0 Å². The van der Waals surface area contributed by atoms with Gasteiger partial charge in [-0.05, 0) is 41.0 Å². The van der Waals surface area contributed by atoms with Gasteiger partial charge in [-0.25, -0.2) is 4.79 Å². The average Bonchev–Trinajstić information content (AvgIpc) is 2.39. The third-order valence-corrected chi connectivity index (χ3v) is 2.93. The van der Waals surface area contributed by atoms with Gasteiger partial charge < -0.3 is 20.3 Å². The Morgan fingerprint density at radius 1 is 1.33 bits per heavy atom. The maximum Gasteiger partial charge on any atom is 0.410 e. The number of aliphatic imine (C=N–C) groups is 1. The summed E-state index contributed by atoms with van der Waals surface area (Å²) >= 11 is 0. The van der Waals surface area contributed by atoms with Crippen LogP contribution in [-0.2, 0) is 4.74 Å². The van der Waals surface area contributed by atoms with Gasteiger partial charge in [-0.3, -0.25) is 4.99 Å². The largest absolute Gasteiger partial charge is 0.444 e. The van der Waals surface area contributed by atoms with Crippen LogP contribution in [0.2, 0.25) is 0 Å². The summed E-state index contributed by atoms with van der Waals surface area (Å²) in [4.78, 5) is 17.8. The molecule has 1 atom stereocenters. The maximum absolute atomic E-state index is 12.0. The van der Waals surface area contributed by atoms with Crippen molar-refractivity contribution in [3.05, 3.63) is 0 Å². The van der Waals surface area contributed by atoms with E-state index >= 15 is 0 Å². The third kappa shape index (κ3) is 9.15. The Morgan fingerprint density at radius 3 is 2.38 bits per heavy atom. The molecule has 0 aliphatic heterocycles. The molecule has 124 valence electrons. The second kappa shape index (κ2) is 9.47. The van der Waals surface area contributed by atoms with E-state index in [1.165, 1.54) is 0 Å². The van der Waals surface area contributed by atoms with E-state index in [0.29, 0.717) is 25.7 Å². The number of hydrogen-bond acceptors (Lipinski definition) is 3. The smallest absolute Gasteiger partial charge is 0.410 e. The van der Waals surface area contributed by atoms with E-state index in [2.05, 4.69) is 29.5 Å². The Balaban J connectivity index is 4.25. The number of carbonyl (C=O) groups excluding carboxylic acids is 1. The summed E-state index contributed by atoms with van der Waals surface area (Å²) in [5.41, 5.74) is -0.466. The second-order valence-corrected chi connectivity index (χ2v) is 6.01. The second-order valence-electron chi connectivity index (χ2n) is 6.01. The zero-order chi connectivity index (χ0) is 16.5. The van der Waals surface area contributed by atoms with E-state index in [4.69, 9.17) is 4.74 Å². The molecule has 1 unspecified atom stereocenters. The minimum absolute atomic E-state index is 0.281. The van der Waals surface area contributed by atoms with Crippen molar-refractivity contribution in [3.8, 4) is 0 Å². The van der Waals surface area contributed by atoms with Crippen LogP contribution < -0.4 is 10.6 Å². The van der Waals surface area contributed by atoms with Crippen LogP contribution >= 0.6 is 0 Å². The van der Waals surface area contributed by atoms with Crippen LogP contribution in [0.25, 0.3) is 0 Å². The van der Waals surface area contributed by atoms with Crippen molar-refractivity contribution >= 4 is 12.1 Å². The molecule has 0 bridgehead atoms. The molecule has 0 aromatic carbocycles. The Kier molecular flexibility index (Phi) is 8.81. The summed E-state index contributed by atoms with van der Waals surface area (Å²) < 4.78 is 5.37. The number of ether oxygens (including phenoxy) is 1. The molecule has 1 amide bonds. The fourth-order valence-corrected chi connectivity index (χ4v) is 1.54. The molecule has 0 aromatic heterocycles. The molecule has 6 nitrogen and oxygen atoms in total. The van der Waals surface area contributed by atoms with Gasteiger partial charge in [-0.1, -0.05) is 6.92 Å². The molecule has 2 N–H and O–H groups in total. The van der Waals surface area contributed by atoms with Crippen LogP contribution in [0, 0.1) is 0 Å². The van der Waals surface area contributed by atoms with E-state index < -0.39 is 5.60 Å². The first kappa shape index (κ1) is 19.5. The van der Waals surface area contributed by atoms with Crippen LogP contribution in [0.1, 0.15) is 48.0 Å². The molecule has 0 aliphatic carbocycles. The van der Waals surface area contributed by atoms with E-state index in [1.54, 1.807) is 11.9 Å². The lowest BCUT2D eigenvalue weighted by atomic mass is 10.2. The fourth-order valence-electron chi connectivity index (χ4n) is 1.54. The number of hydrogen-bond donors (Lipinski definition) is 2. The number of likely N-dealkylation sites (N-methyl/N-ethyl adjacent to an activating group) is 1. The molecule has 0 heterocycles. The summed E-state index contributed by atoms with van der Waals surface area (Å²) in [5, 5.41) is 6.49. The highest BCUT2D eigenvalue weighted by Crippen LogP contribution is 2.09. The summed E-state index contributed by atoms with van der Waals surface area (Å²) in [5.74, 6) is 0.754.